The Hall–Kier alpha value is -2.56. The molecule has 2 aromatic rings. The molecule has 5 heteroatoms. The second kappa shape index (κ2) is 5.39. The SMILES string of the molecule is O=C(O)c1cc(F)ccc1OCc1cccc(O)c1. The number of carboxylic acids is 1. The van der Waals surface area contributed by atoms with Gasteiger partial charge >= 0.3 is 5.97 Å². The van der Waals surface area contributed by atoms with Gasteiger partial charge in [-0.15, -0.1) is 0 Å². The molecule has 0 aliphatic carbocycles. The van der Waals surface area contributed by atoms with Gasteiger partial charge in [0, 0.05) is 0 Å². The number of ether oxygens (including phenoxy) is 1. The highest BCUT2D eigenvalue weighted by Crippen LogP contribution is 2.21. The van der Waals surface area contributed by atoms with Crippen LogP contribution < -0.4 is 4.74 Å². The summed E-state index contributed by atoms with van der Waals surface area (Å²) < 4.78 is 18.3. The van der Waals surface area contributed by atoms with E-state index in [2.05, 4.69) is 0 Å². The highest BCUT2D eigenvalue weighted by Gasteiger charge is 2.12. The van der Waals surface area contributed by atoms with E-state index in [4.69, 9.17) is 9.84 Å². The first-order valence-corrected chi connectivity index (χ1v) is 5.50. The maximum absolute atomic E-state index is 13.0. The average Bonchev–Trinajstić information content (AvgIpc) is 2.37. The van der Waals surface area contributed by atoms with Crippen molar-refractivity contribution in [3.63, 3.8) is 0 Å². The molecule has 0 aliphatic rings. The molecule has 0 aliphatic heterocycles. The van der Waals surface area contributed by atoms with Gasteiger partial charge in [-0.25, -0.2) is 9.18 Å². The topological polar surface area (TPSA) is 66.8 Å². The molecule has 0 bridgehead atoms. The number of benzene rings is 2. The highest BCUT2D eigenvalue weighted by molar-refractivity contribution is 5.90. The lowest BCUT2D eigenvalue weighted by molar-refractivity contribution is 0.0691. The van der Waals surface area contributed by atoms with Gasteiger partial charge in [-0.05, 0) is 35.9 Å². The van der Waals surface area contributed by atoms with Gasteiger partial charge in [0.25, 0.3) is 0 Å². The van der Waals surface area contributed by atoms with Crippen molar-refractivity contribution in [3.05, 3.63) is 59.4 Å². The number of hydrogen-bond donors (Lipinski definition) is 2. The molecule has 0 spiro atoms. The summed E-state index contributed by atoms with van der Waals surface area (Å²) in [6, 6.07) is 9.69. The van der Waals surface area contributed by atoms with Crippen LogP contribution >= 0.6 is 0 Å². The molecule has 0 amide bonds. The van der Waals surface area contributed by atoms with E-state index < -0.39 is 11.8 Å². The number of aromatic carboxylic acids is 1. The van der Waals surface area contributed by atoms with Crippen molar-refractivity contribution in [1.29, 1.82) is 0 Å². The van der Waals surface area contributed by atoms with Crippen LogP contribution in [0, 0.1) is 5.82 Å². The first-order valence-electron chi connectivity index (χ1n) is 5.50. The number of rotatable bonds is 4. The van der Waals surface area contributed by atoms with E-state index in [0.29, 0.717) is 5.56 Å². The Morgan fingerprint density at radius 3 is 2.68 bits per heavy atom. The van der Waals surface area contributed by atoms with E-state index in [1.54, 1.807) is 12.1 Å². The summed E-state index contributed by atoms with van der Waals surface area (Å²) in [5, 5.41) is 18.2. The monoisotopic (exact) mass is 262 g/mol. The fraction of sp³-hybridized carbons (Fsp3) is 0.0714. The number of phenolic OH excluding ortho intramolecular Hbond substituents is 1. The van der Waals surface area contributed by atoms with Crippen LogP contribution in [0.3, 0.4) is 0 Å². The minimum atomic E-state index is -1.26. The van der Waals surface area contributed by atoms with Crippen molar-refractivity contribution in [2.45, 2.75) is 6.61 Å². The first kappa shape index (κ1) is 12.9. The van der Waals surface area contributed by atoms with Crippen LogP contribution in [0.5, 0.6) is 11.5 Å². The molecule has 0 heterocycles. The zero-order chi connectivity index (χ0) is 13.8. The molecular formula is C14H11FO4. The van der Waals surface area contributed by atoms with E-state index in [0.717, 1.165) is 12.1 Å². The van der Waals surface area contributed by atoms with Crippen molar-refractivity contribution >= 4 is 5.97 Å². The van der Waals surface area contributed by atoms with Crippen LogP contribution in [0.2, 0.25) is 0 Å². The van der Waals surface area contributed by atoms with Crippen molar-refractivity contribution in [2.75, 3.05) is 0 Å². The van der Waals surface area contributed by atoms with Gasteiger partial charge in [0.15, 0.2) is 0 Å². The quantitative estimate of drug-likeness (QED) is 0.889. The summed E-state index contributed by atoms with van der Waals surface area (Å²) in [5.74, 6) is -1.72. The molecule has 2 aromatic carbocycles. The number of aromatic hydroxyl groups is 1. The normalized spacial score (nSPS) is 10.2. The van der Waals surface area contributed by atoms with Gasteiger partial charge in [0.1, 0.15) is 29.5 Å². The van der Waals surface area contributed by atoms with Crippen LogP contribution in [0.15, 0.2) is 42.5 Å². The third-order valence-electron chi connectivity index (χ3n) is 2.48. The Bertz CT molecular complexity index is 610. The molecule has 19 heavy (non-hydrogen) atoms. The molecule has 0 atom stereocenters. The molecule has 0 aromatic heterocycles. The zero-order valence-electron chi connectivity index (χ0n) is 9.84. The first-order chi connectivity index (χ1) is 9.06. The number of carbonyl (C=O) groups is 1. The molecule has 0 saturated carbocycles. The van der Waals surface area contributed by atoms with Gasteiger partial charge in [-0.1, -0.05) is 12.1 Å². The van der Waals surface area contributed by atoms with Crippen molar-refractivity contribution < 1.29 is 24.1 Å². The van der Waals surface area contributed by atoms with Gasteiger partial charge < -0.3 is 14.9 Å². The third kappa shape index (κ3) is 3.22. The van der Waals surface area contributed by atoms with Gasteiger partial charge in [-0.3, -0.25) is 0 Å². The Labute approximate surface area is 108 Å². The minimum Gasteiger partial charge on any atom is -0.508 e. The summed E-state index contributed by atoms with van der Waals surface area (Å²) in [6.45, 7) is 0.0836. The van der Waals surface area contributed by atoms with Gasteiger partial charge in [0.05, 0.1) is 0 Å². The van der Waals surface area contributed by atoms with Crippen molar-refractivity contribution in [3.8, 4) is 11.5 Å². The standard InChI is InChI=1S/C14H11FO4/c15-10-4-5-13(12(7-10)14(17)18)19-8-9-2-1-3-11(16)6-9/h1-7,16H,8H2,(H,17,18). The number of halogens is 1. The van der Waals surface area contributed by atoms with E-state index in [9.17, 15) is 14.3 Å². The predicted molar refractivity (Wildman–Crippen MR) is 65.8 cm³/mol. The summed E-state index contributed by atoms with van der Waals surface area (Å²) in [4.78, 5) is 11.0. The smallest absolute Gasteiger partial charge is 0.339 e. The molecular weight excluding hydrogens is 251 g/mol. The molecule has 0 fully saturated rings. The van der Waals surface area contributed by atoms with Crippen LogP contribution in [-0.2, 0) is 6.61 Å². The van der Waals surface area contributed by atoms with Crippen LogP contribution in [0.4, 0.5) is 4.39 Å². The Morgan fingerprint density at radius 2 is 2.00 bits per heavy atom. The molecule has 2 rings (SSSR count). The minimum absolute atomic E-state index is 0.0808. The summed E-state index contributed by atoms with van der Waals surface area (Å²) in [7, 11) is 0. The van der Waals surface area contributed by atoms with Crippen LogP contribution in [-0.4, -0.2) is 16.2 Å². The van der Waals surface area contributed by atoms with E-state index in [1.165, 1.54) is 18.2 Å². The molecule has 2 N–H and O–H groups in total. The second-order valence-corrected chi connectivity index (χ2v) is 3.90. The maximum atomic E-state index is 13.0. The Morgan fingerprint density at radius 1 is 1.21 bits per heavy atom. The van der Waals surface area contributed by atoms with Gasteiger partial charge in [-0.2, -0.15) is 0 Å². The fourth-order valence-electron chi connectivity index (χ4n) is 1.60. The fourth-order valence-corrected chi connectivity index (χ4v) is 1.60. The number of carboxylic acid groups (broad SMARTS) is 1. The van der Waals surface area contributed by atoms with E-state index in [-0.39, 0.29) is 23.7 Å². The Kier molecular flexibility index (Phi) is 3.66. The van der Waals surface area contributed by atoms with Gasteiger partial charge in [0.2, 0.25) is 0 Å². The lowest BCUT2D eigenvalue weighted by atomic mass is 10.2. The summed E-state index contributed by atoms with van der Waals surface area (Å²) in [6.07, 6.45) is 0. The second-order valence-electron chi connectivity index (χ2n) is 3.90. The summed E-state index contributed by atoms with van der Waals surface area (Å²) >= 11 is 0. The molecule has 0 radical (unpaired) electrons. The largest absolute Gasteiger partial charge is 0.508 e. The third-order valence-corrected chi connectivity index (χ3v) is 2.48. The molecule has 0 unspecified atom stereocenters. The lowest BCUT2D eigenvalue weighted by Crippen LogP contribution is -2.04. The van der Waals surface area contributed by atoms with E-state index >= 15 is 0 Å². The highest BCUT2D eigenvalue weighted by atomic mass is 19.1. The zero-order valence-corrected chi connectivity index (χ0v) is 9.84. The number of hydrogen-bond acceptors (Lipinski definition) is 3. The predicted octanol–water partition coefficient (Wildman–Crippen LogP) is 2.81. The average molecular weight is 262 g/mol. The van der Waals surface area contributed by atoms with Crippen LogP contribution in [0.25, 0.3) is 0 Å². The summed E-state index contributed by atoms with van der Waals surface area (Å²) in [5.41, 5.74) is 0.445. The molecule has 0 saturated heterocycles. The molecule has 98 valence electrons. The maximum Gasteiger partial charge on any atom is 0.339 e. The molecule has 4 nitrogen and oxygen atoms in total. The van der Waals surface area contributed by atoms with Crippen molar-refractivity contribution in [2.24, 2.45) is 0 Å². The lowest BCUT2D eigenvalue weighted by Gasteiger charge is -2.09. The van der Waals surface area contributed by atoms with Crippen molar-refractivity contribution in [1.82, 2.24) is 0 Å². The van der Waals surface area contributed by atoms with Crippen LogP contribution in [0.1, 0.15) is 15.9 Å². The Balaban J connectivity index is 2.17. The number of phenols is 1. The van der Waals surface area contributed by atoms with E-state index in [1.807, 2.05) is 0 Å².